The normalized spacial score (nSPS) is 16.0. The largest absolute Gasteiger partial charge is 0.388 e. The summed E-state index contributed by atoms with van der Waals surface area (Å²) in [6.45, 7) is 6.65. The first-order valence-electron chi connectivity index (χ1n) is 7.86. The standard InChI is InChI=1S/C16H23N5OS/c1-13-4-3-5-14(10-13)20-8-6-19(7-9-20)12-21-16(23)18(2)15(11-22)17-21/h3-5,10,22H,6-9,11-12H2,1-2H3. The molecule has 124 valence electrons. The molecule has 1 saturated heterocycles. The van der Waals surface area contributed by atoms with Crippen LogP contribution in [0.2, 0.25) is 0 Å². The molecular weight excluding hydrogens is 310 g/mol. The summed E-state index contributed by atoms with van der Waals surface area (Å²) in [5.41, 5.74) is 2.59. The Labute approximate surface area is 141 Å². The van der Waals surface area contributed by atoms with Gasteiger partial charge in [-0.2, -0.15) is 5.10 Å². The Kier molecular flexibility index (Phi) is 4.79. The van der Waals surface area contributed by atoms with Crippen LogP contribution < -0.4 is 4.90 Å². The van der Waals surface area contributed by atoms with E-state index in [1.807, 2.05) is 7.05 Å². The molecule has 7 heteroatoms. The second kappa shape index (κ2) is 6.82. The number of benzene rings is 1. The topological polar surface area (TPSA) is 49.5 Å². The average molecular weight is 333 g/mol. The van der Waals surface area contributed by atoms with Crippen molar-refractivity contribution in [1.29, 1.82) is 0 Å². The Morgan fingerprint density at radius 2 is 1.96 bits per heavy atom. The molecule has 0 bridgehead atoms. The first kappa shape index (κ1) is 16.2. The number of hydrogen-bond acceptors (Lipinski definition) is 5. The van der Waals surface area contributed by atoms with Gasteiger partial charge in [0.05, 0.1) is 6.67 Å². The minimum atomic E-state index is -0.0890. The molecule has 1 aliphatic rings. The van der Waals surface area contributed by atoms with Gasteiger partial charge in [-0.25, -0.2) is 4.68 Å². The first-order valence-corrected chi connectivity index (χ1v) is 8.27. The van der Waals surface area contributed by atoms with E-state index in [0.29, 0.717) is 17.3 Å². The van der Waals surface area contributed by atoms with Crippen LogP contribution >= 0.6 is 12.2 Å². The summed E-state index contributed by atoms with van der Waals surface area (Å²) < 4.78 is 4.21. The molecule has 1 N–H and O–H groups in total. The summed E-state index contributed by atoms with van der Waals surface area (Å²) in [6.07, 6.45) is 0. The van der Waals surface area contributed by atoms with E-state index in [0.717, 1.165) is 26.2 Å². The highest BCUT2D eigenvalue weighted by molar-refractivity contribution is 7.71. The minimum Gasteiger partial charge on any atom is -0.388 e. The zero-order valence-electron chi connectivity index (χ0n) is 13.6. The number of anilines is 1. The highest BCUT2D eigenvalue weighted by Gasteiger charge is 2.18. The van der Waals surface area contributed by atoms with E-state index in [2.05, 4.69) is 46.1 Å². The average Bonchev–Trinajstić information content (AvgIpc) is 2.83. The van der Waals surface area contributed by atoms with Crippen LogP contribution in [-0.2, 0) is 20.3 Å². The molecule has 1 fully saturated rings. The summed E-state index contributed by atoms with van der Waals surface area (Å²) >= 11 is 5.38. The van der Waals surface area contributed by atoms with Crippen molar-refractivity contribution in [2.45, 2.75) is 20.2 Å². The van der Waals surface area contributed by atoms with Crippen molar-refractivity contribution in [2.75, 3.05) is 31.1 Å². The molecule has 6 nitrogen and oxygen atoms in total. The van der Waals surface area contributed by atoms with Gasteiger partial charge in [0, 0.05) is 38.9 Å². The Morgan fingerprint density at radius 3 is 2.57 bits per heavy atom. The molecular formula is C16H23N5OS. The molecule has 23 heavy (non-hydrogen) atoms. The molecule has 0 unspecified atom stereocenters. The van der Waals surface area contributed by atoms with E-state index >= 15 is 0 Å². The molecule has 0 amide bonds. The molecule has 0 saturated carbocycles. The second-order valence-corrected chi connectivity index (χ2v) is 6.37. The SMILES string of the molecule is Cc1cccc(N2CCN(Cn3nc(CO)n(C)c3=S)CC2)c1. The van der Waals surface area contributed by atoms with Gasteiger partial charge in [-0.15, -0.1) is 0 Å². The number of aliphatic hydroxyl groups is 1. The van der Waals surface area contributed by atoms with Crippen molar-refractivity contribution in [2.24, 2.45) is 7.05 Å². The number of hydrogen-bond donors (Lipinski definition) is 1. The zero-order valence-corrected chi connectivity index (χ0v) is 14.5. The Bertz CT molecular complexity index is 730. The van der Waals surface area contributed by atoms with E-state index in [1.165, 1.54) is 11.3 Å². The highest BCUT2D eigenvalue weighted by Crippen LogP contribution is 2.18. The third-order valence-electron chi connectivity index (χ3n) is 4.35. The molecule has 0 radical (unpaired) electrons. The maximum atomic E-state index is 9.28. The van der Waals surface area contributed by atoms with Gasteiger partial charge in [-0.1, -0.05) is 12.1 Å². The van der Waals surface area contributed by atoms with E-state index in [9.17, 15) is 5.11 Å². The van der Waals surface area contributed by atoms with Crippen molar-refractivity contribution in [3.8, 4) is 0 Å². The summed E-state index contributed by atoms with van der Waals surface area (Å²) in [7, 11) is 1.84. The summed E-state index contributed by atoms with van der Waals surface area (Å²) in [5.74, 6) is 0.605. The van der Waals surface area contributed by atoms with Crippen LogP contribution in [0, 0.1) is 11.7 Å². The van der Waals surface area contributed by atoms with E-state index in [4.69, 9.17) is 12.2 Å². The van der Waals surface area contributed by atoms with Crippen molar-refractivity contribution in [3.05, 3.63) is 40.4 Å². The molecule has 2 heterocycles. The van der Waals surface area contributed by atoms with Gasteiger partial charge in [0.15, 0.2) is 10.6 Å². The smallest absolute Gasteiger partial charge is 0.198 e. The fourth-order valence-corrected chi connectivity index (χ4v) is 3.13. The van der Waals surface area contributed by atoms with Gasteiger partial charge >= 0.3 is 0 Å². The van der Waals surface area contributed by atoms with Gasteiger partial charge in [0.1, 0.15) is 6.61 Å². The third-order valence-corrected chi connectivity index (χ3v) is 4.83. The summed E-state index contributed by atoms with van der Waals surface area (Å²) in [4.78, 5) is 4.76. The molecule has 0 atom stereocenters. The zero-order chi connectivity index (χ0) is 16.4. The van der Waals surface area contributed by atoms with Crippen LogP contribution in [0.25, 0.3) is 0 Å². The van der Waals surface area contributed by atoms with E-state index in [-0.39, 0.29) is 6.61 Å². The first-order chi connectivity index (χ1) is 11.1. The van der Waals surface area contributed by atoms with Crippen LogP contribution in [0.4, 0.5) is 5.69 Å². The lowest BCUT2D eigenvalue weighted by molar-refractivity contribution is 0.192. The van der Waals surface area contributed by atoms with Gasteiger partial charge in [0.25, 0.3) is 0 Å². The van der Waals surface area contributed by atoms with Crippen molar-refractivity contribution in [1.82, 2.24) is 19.2 Å². The van der Waals surface area contributed by atoms with Gasteiger partial charge in [0.2, 0.25) is 0 Å². The van der Waals surface area contributed by atoms with Gasteiger partial charge in [-0.05, 0) is 36.8 Å². The number of aromatic nitrogens is 3. The maximum absolute atomic E-state index is 9.28. The van der Waals surface area contributed by atoms with Crippen LogP contribution in [0.1, 0.15) is 11.4 Å². The number of aliphatic hydroxyl groups excluding tert-OH is 1. The summed E-state index contributed by atoms with van der Waals surface area (Å²) in [6, 6.07) is 8.64. The maximum Gasteiger partial charge on any atom is 0.198 e. The van der Waals surface area contributed by atoms with Gasteiger partial charge in [-0.3, -0.25) is 4.90 Å². The van der Waals surface area contributed by atoms with E-state index in [1.54, 1.807) is 9.25 Å². The van der Waals surface area contributed by atoms with Crippen molar-refractivity contribution in [3.63, 3.8) is 0 Å². The number of piperazine rings is 1. The molecule has 1 aliphatic heterocycles. The van der Waals surface area contributed by atoms with Crippen LogP contribution in [0.15, 0.2) is 24.3 Å². The predicted molar refractivity (Wildman–Crippen MR) is 92.9 cm³/mol. The lowest BCUT2D eigenvalue weighted by atomic mass is 10.2. The number of rotatable bonds is 4. The third kappa shape index (κ3) is 3.46. The molecule has 1 aromatic carbocycles. The Hall–Kier alpha value is -1.70. The van der Waals surface area contributed by atoms with E-state index < -0.39 is 0 Å². The van der Waals surface area contributed by atoms with Crippen LogP contribution in [0.5, 0.6) is 0 Å². The van der Waals surface area contributed by atoms with Crippen LogP contribution in [-0.4, -0.2) is 50.5 Å². The molecule has 0 aliphatic carbocycles. The lowest BCUT2D eigenvalue weighted by Crippen LogP contribution is -2.47. The second-order valence-electron chi connectivity index (χ2n) is 6.00. The van der Waals surface area contributed by atoms with Crippen molar-refractivity contribution < 1.29 is 5.11 Å². The van der Waals surface area contributed by atoms with Crippen molar-refractivity contribution >= 4 is 17.9 Å². The Balaban J connectivity index is 1.62. The molecule has 3 rings (SSSR count). The van der Waals surface area contributed by atoms with Gasteiger partial charge < -0.3 is 14.6 Å². The molecule has 2 aromatic rings. The predicted octanol–water partition coefficient (Wildman–Crippen LogP) is 1.53. The number of nitrogens with zero attached hydrogens (tertiary/aromatic N) is 5. The number of aryl methyl sites for hydroxylation is 1. The highest BCUT2D eigenvalue weighted by atomic mass is 32.1. The molecule has 1 aromatic heterocycles. The molecule has 0 spiro atoms. The van der Waals surface area contributed by atoms with Crippen LogP contribution in [0.3, 0.4) is 0 Å². The lowest BCUT2D eigenvalue weighted by Gasteiger charge is -2.36. The fraction of sp³-hybridized carbons (Fsp3) is 0.500. The quantitative estimate of drug-likeness (QED) is 0.860. The Morgan fingerprint density at radius 1 is 1.22 bits per heavy atom. The monoisotopic (exact) mass is 333 g/mol. The summed E-state index contributed by atoms with van der Waals surface area (Å²) in [5, 5.41) is 13.7. The minimum absolute atomic E-state index is 0.0890. The fourth-order valence-electron chi connectivity index (χ4n) is 2.92.